The van der Waals surface area contributed by atoms with E-state index in [0.717, 1.165) is 7.11 Å². The van der Waals surface area contributed by atoms with Crippen molar-refractivity contribution < 1.29 is 22.7 Å². The first-order chi connectivity index (χ1) is 6.91. The van der Waals surface area contributed by atoms with E-state index in [-0.39, 0.29) is 0 Å². The molecule has 0 fully saturated rings. The van der Waals surface area contributed by atoms with Crippen molar-refractivity contribution in [2.75, 3.05) is 7.11 Å². The lowest BCUT2D eigenvalue weighted by molar-refractivity contribution is 0.0600. The summed E-state index contributed by atoms with van der Waals surface area (Å²) in [6, 6.07) is 0. The average molecular weight is 259 g/mol. The lowest BCUT2D eigenvalue weighted by Gasteiger charge is -2.07. The Morgan fingerprint density at radius 3 is 1.80 bits per heavy atom. The van der Waals surface area contributed by atoms with Crippen LogP contribution in [0.5, 0.6) is 0 Å². The fourth-order valence-electron chi connectivity index (χ4n) is 0.886. The Kier molecular flexibility index (Phi) is 3.46. The summed E-state index contributed by atoms with van der Waals surface area (Å²) in [5, 5.41) is -1.82. The molecule has 0 aliphatic carbocycles. The van der Waals surface area contributed by atoms with Crippen LogP contribution in [0.4, 0.5) is 13.2 Å². The maximum absolute atomic E-state index is 12.9. The van der Waals surface area contributed by atoms with Crippen molar-refractivity contribution in [1.82, 2.24) is 0 Å². The highest BCUT2D eigenvalue weighted by atomic mass is 35.5. The summed E-state index contributed by atoms with van der Waals surface area (Å²) in [7, 11) is 0.966. The summed E-state index contributed by atoms with van der Waals surface area (Å²) in [5.41, 5.74) is -0.739. The number of carbonyl (C=O) groups is 1. The first-order valence-electron chi connectivity index (χ1n) is 3.51. The van der Waals surface area contributed by atoms with Crippen LogP contribution >= 0.6 is 23.2 Å². The van der Waals surface area contributed by atoms with Crippen LogP contribution in [0.2, 0.25) is 10.0 Å². The molecule has 0 atom stereocenters. The molecule has 0 aliphatic rings. The molecule has 0 unspecified atom stereocenters. The second kappa shape index (κ2) is 4.28. The Hall–Kier alpha value is -0.940. The van der Waals surface area contributed by atoms with E-state index in [1.54, 1.807) is 0 Å². The fraction of sp³-hybridized carbons (Fsp3) is 0.125. The SMILES string of the molecule is COC(=O)c1c(Cl)c(F)c(F)c(F)c1Cl. The molecule has 0 N–H and O–H groups in total. The van der Waals surface area contributed by atoms with Crippen LogP contribution in [-0.4, -0.2) is 13.1 Å². The van der Waals surface area contributed by atoms with Gasteiger partial charge in [0.15, 0.2) is 17.5 Å². The Labute approximate surface area is 92.5 Å². The molecule has 0 aliphatic heterocycles. The monoisotopic (exact) mass is 258 g/mol. The van der Waals surface area contributed by atoms with Crippen LogP contribution in [0.3, 0.4) is 0 Å². The minimum atomic E-state index is -1.84. The smallest absolute Gasteiger partial charge is 0.341 e. The third-order valence-electron chi connectivity index (χ3n) is 1.60. The number of halogens is 5. The average Bonchev–Trinajstić information content (AvgIpc) is 2.23. The van der Waals surface area contributed by atoms with Crippen molar-refractivity contribution in [3.63, 3.8) is 0 Å². The van der Waals surface area contributed by atoms with Crippen LogP contribution in [0.1, 0.15) is 10.4 Å². The molecule has 0 aromatic heterocycles. The van der Waals surface area contributed by atoms with E-state index < -0.39 is 39.0 Å². The lowest BCUT2D eigenvalue weighted by Crippen LogP contribution is -2.08. The van der Waals surface area contributed by atoms with Crippen molar-refractivity contribution in [1.29, 1.82) is 0 Å². The zero-order valence-electron chi connectivity index (χ0n) is 7.21. The van der Waals surface area contributed by atoms with Gasteiger partial charge in [-0.25, -0.2) is 18.0 Å². The van der Waals surface area contributed by atoms with Crippen molar-refractivity contribution in [3.8, 4) is 0 Å². The molecule has 0 radical (unpaired) electrons. The molecule has 0 saturated heterocycles. The predicted molar refractivity (Wildman–Crippen MR) is 47.7 cm³/mol. The number of hydrogen-bond donors (Lipinski definition) is 0. The predicted octanol–water partition coefficient (Wildman–Crippen LogP) is 3.20. The van der Waals surface area contributed by atoms with E-state index in [4.69, 9.17) is 23.2 Å². The van der Waals surface area contributed by atoms with Gasteiger partial charge in [-0.15, -0.1) is 0 Å². The minimum absolute atomic E-state index is 0.739. The molecule has 1 aromatic carbocycles. The first-order valence-corrected chi connectivity index (χ1v) is 4.27. The molecule has 0 saturated carbocycles. The van der Waals surface area contributed by atoms with Gasteiger partial charge >= 0.3 is 5.97 Å². The lowest BCUT2D eigenvalue weighted by atomic mass is 10.2. The number of esters is 1. The topological polar surface area (TPSA) is 26.3 Å². The van der Waals surface area contributed by atoms with Crippen molar-refractivity contribution in [2.45, 2.75) is 0 Å². The van der Waals surface area contributed by atoms with E-state index in [2.05, 4.69) is 4.74 Å². The van der Waals surface area contributed by atoms with Gasteiger partial charge in [0.2, 0.25) is 0 Å². The number of rotatable bonds is 1. The molecule has 82 valence electrons. The van der Waals surface area contributed by atoms with E-state index in [0.29, 0.717) is 0 Å². The zero-order chi connectivity index (χ0) is 11.7. The molecule has 0 spiro atoms. The molecule has 2 nitrogen and oxygen atoms in total. The standard InChI is InChI=1S/C8H3Cl2F3O2/c1-15-8(14)2-3(9)5(11)7(13)6(12)4(2)10/h1H3. The fourth-order valence-corrected chi connectivity index (χ4v) is 1.44. The van der Waals surface area contributed by atoms with E-state index in [1.807, 2.05) is 0 Å². The second-order valence-electron chi connectivity index (χ2n) is 2.44. The van der Waals surface area contributed by atoms with Crippen molar-refractivity contribution in [2.24, 2.45) is 0 Å². The molecule has 0 bridgehead atoms. The molecule has 1 aromatic rings. The summed E-state index contributed by atoms with van der Waals surface area (Å²) in [4.78, 5) is 11.0. The number of methoxy groups -OCH3 is 1. The van der Waals surface area contributed by atoms with Crippen LogP contribution < -0.4 is 0 Å². The molecule has 7 heteroatoms. The van der Waals surface area contributed by atoms with Gasteiger partial charge in [0.25, 0.3) is 0 Å². The van der Waals surface area contributed by atoms with Gasteiger partial charge in [-0.3, -0.25) is 0 Å². The molecule has 0 amide bonds. The van der Waals surface area contributed by atoms with Crippen LogP contribution in [-0.2, 0) is 4.74 Å². The Morgan fingerprint density at radius 1 is 1.07 bits per heavy atom. The molecule has 0 heterocycles. The second-order valence-corrected chi connectivity index (χ2v) is 3.19. The minimum Gasteiger partial charge on any atom is -0.465 e. The Bertz CT molecular complexity index is 405. The van der Waals surface area contributed by atoms with Gasteiger partial charge in [0.1, 0.15) is 5.56 Å². The summed E-state index contributed by atoms with van der Waals surface area (Å²) in [5.74, 6) is -6.35. The van der Waals surface area contributed by atoms with Gasteiger partial charge in [0, 0.05) is 0 Å². The van der Waals surface area contributed by atoms with Crippen molar-refractivity contribution in [3.05, 3.63) is 33.1 Å². The van der Waals surface area contributed by atoms with Gasteiger partial charge in [0.05, 0.1) is 17.2 Å². The number of benzene rings is 1. The quantitative estimate of drug-likeness (QED) is 0.439. The largest absolute Gasteiger partial charge is 0.465 e. The van der Waals surface area contributed by atoms with Gasteiger partial charge in [-0.05, 0) is 0 Å². The number of carbonyl (C=O) groups excluding carboxylic acids is 1. The first kappa shape index (κ1) is 12.1. The van der Waals surface area contributed by atoms with Gasteiger partial charge < -0.3 is 4.74 Å². The maximum atomic E-state index is 12.9. The van der Waals surface area contributed by atoms with Crippen LogP contribution in [0, 0.1) is 17.5 Å². The maximum Gasteiger partial charge on any atom is 0.341 e. The Balaban J connectivity index is 3.60. The highest BCUT2D eigenvalue weighted by Crippen LogP contribution is 2.32. The molecule has 15 heavy (non-hydrogen) atoms. The van der Waals surface area contributed by atoms with Gasteiger partial charge in [-0.2, -0.15) is 0 Å². The summed E-state index contributed by atoms with van der Waals surface area (Å²) >= 11 is 10.6. The molecule has 1 rings (SSSR count). The summed E-state index contributed by atoms with van der Waals surface area (Å²) in [6.45, 7) is 0. The highest BCUT2D eigenvalue weighted by molar-refractivity contribution is 6.39. The normalized spacial score (nSPS) is 10.3. The number of ether oxygens (including phenoxy) is 1. The Morgan fingerprint density at radius 2 is 1.47 bits per heavy atom. The van der Waals surface area contributed by atoms with Crippen LogP contribution in [0.25, 0.3) is 0 Å². The van der Waals surface area contributed by atoms with E-state index >= 15 is 0 Å². The summed E-state index contributed by atoms with van der Waals surface area (Å²) in [6.07, 6.45) is 0. The molecular formula is C8H3Cl2F3O2. The highest BCUT2D eigenvalue weighted by Gasteiger charge is 2.27. The van der Waals surface area contributed by atoms with Crippen molar-refractivity contribution >= 4 is 29.2 Å². The molecular weight excluding hydrogens is 256 g/mol. The number of hydrogen-bond acceptors (Lipinski definition) is 2. The zero-order valence-corrected chi connectivity index (χ0v) is 8.72. The third-order valence-corrected chi connectivity index (χ3v) is 2.31. The van der Waals surface area contributed by atoms with E-state index in [1.165, 1.54) is 0 Å². The third kappa shape index (κ3) is 1.89. The van der Waals surface area contributed by atoms with E-state index in [9.17, 15) is 18.0 Å². The summed E-state index contributed by atoms with van der Waals surface area (Å²) < 4.78 is 42.7. The van der Waals surface area contributed by atoms with Crippen LogP contribution in [0.15, 0.2) is 0 Å². The van der Waals surface area contributed by atoms with Gasteiger partial charge in [-0.1, -0.05) is 23.2 Å².